The first-order valence-electron chi connectivity index (χ1n) is 2.66. The van der Waals surface area contributed by atoms with Crippen molar-refractivity contribution in [2.24, 2.45) is 0 Å². The molecule has 0 bridgehead atoms. The van der Waals surface area contributed by atoms with Crippen molar-refractivity contribution in [1.82, 2.24) is 5.32 Å². The summed E-state index contributed by atoms with van der Waals surface area (Å²) in [6, 6.07) is 0. The van der Waals surface area contributed by atoms with Gasteiger partial charge in [0, 0.05) is 0 Å². The number of rotatable bonds is 3. The Hall–Kier alpha value is -0.810. The van der Waals surface area contributed by atoms with E-state index in [1.165, 1.54) is 0 Å². The van der Waals surface area contributed by atoms with E-state index in [1.54, 1.807) is 5.32 Å². The second-order valence-corrected chi connectivity index (χ2v) is 2.60. The third-order valence-corrected chi connectivity index (χ3v) is 1.10. The smallest absolute Gasteiger partial charge is 0.322 e. The largest absolute Gasteiger partial charge is 0.480 e. The van der Waals surface area contributed by atoms with Gasteiger partial charge in [0.25, 0.3) is 5.91 Å². The summed E-state index contributed by atoms with van der Waals surface area (Å²) < 4.78 is 11.5. The molecule has 0 saturated heterocycles. The quantitative estimate of drug-likeness (QED) is 0.685. The summed E-state index contributed by atoms with van der Waals surface area (Å²) in [5.41, 5.74) is 0. The average Bonchev–Trinajstić information content (AvgIpc) is 1.98. The Morgan fingerprint density at radius 2 is 1.92 bits per heavy atom. The number of hydrogen-bond acceptors (Lipinski definition) is 2. The molecule has 0 rings (SSSR count). The number of amides is 1. The van der Waals surface area contributed by atoms with Crippen LogP contribution in [-0.2, 0) is 9.59 Å². The molecule has 0 atom stereocenters. The van der Waals surface area contributed by atoms with Crippen molar-refractivity contribution in [3.8, 4) is 0 Å². The fourth-order valence-corrected chi connectivity index (χ4v) is 0.491. The predicted octanol–water partition coefficient (Wildman–Crippen LogP) is 0.803. The maximum absolute atomic E-state index is 12.4. The van der Waals surface area contributed by atoms with Gasteiger partial charge in [-0.2, -0.15) is 4.39 Å². The predicted molar refractivity (Wildman–Crippen MR) is 40.5 cm³/mol. The van der Waals surface area contributed by atoms with Gasteiger partial charge in [-0.15, -0.1) is 0 Å². The fourth-order valence-electron chi connectivity index (χ4n) is 0.319. The third-order valence-electron chi connectivity index (χ3n) is 0.765. The van der Waals surface area contributed by atoms with Crippen molar-refractivity contribution < 1.29 is 19.1 Å². The molecule has 0 aliphatic heterocycles. The second kappa shape index (κ2) is 4.95. The van der Waals surface area contributed by atoms with Crippen LogP contribution in [0.4, 0.5) is 4.39 Å². The number of nitrogens with one attached hydrogen (secondary N) is 1. The van der Waals surface area contributed by atoms with E-state index in [4.69, 9.17) is 28.3 Å². The number of carbonyl (C=O) groups is 2. The minimum atomic E-state index is -1.40. The minimum Gasteiger partial charge on any atom is -0.480 e. The summed E-state index contributed by atoms with van der Waals surface area (Å²) >= 11 is 9.80. The first-order chi connectivity index (χ1) is 5.45. The van der Waals surface area contributed by atoms with E-state index >= 15 is 0 Å². The van der Waals surface area contributed by atoms with Gasteiger partial charge in [0.2, 0.25) is 5.83 Å². The lowest BCUT2D eigenvalue weighted by atomic mass is 10.5. The third kappa shape index (κ3) is 4.15. The molecule has 2 N–H and O–H groups in total. The van der Waals surface area contributed by atoms with Gasteiger partial charge in [0.05, 0.1) is 0 Å². The Morgan fingerprint density at radius 1 is 1.42 bits per heavy atom. The molecule has 0 spiro atoms. The Labute approximate surface area is 76.9 Å². The number of halogens is 3. The van der Waals surface area contributed by atoms with Crippen molar-refractivity contribution >= 4 is 35.1 Å². The van der Waals surface area contributed by atoms with Crippen LogP contribution < -0.4 is 5.32 Å². The summed E-state index contributed by atoms with van der Waals surface area (Å²) in [5, 5.41) is 9.79. The van der Waals surface area contributed by atoms with Crippen LogP contribution in [0.25, 0.3) is 0 Å². The van der Waals surface area contributed by atoms with Crippen LogP contribution in [0.2, 0.25) is 0 Å². The van der Waals surface area contributed by atoms with Crippen molar-refractivity contribution in [2.45, 2.75) is 0 Å². The lowest BCUT2D eigenvalue weighted by Crippen LogP contribution is -2.29. The van der Waals surface area contributed by atoms with E-state index in [2.05, 4.69) is 0 Å². The molecule has 0 radical (unpaired) electrons. The zero-order valence-electron chi connectivity index (χ0n) is 5.60. The Kier molecular flexibility index (Phi) is 4.61. The molecule has 4 nitrogen and oxygen atoms in total. The van der Waals surface area contributed by atoms with Crippen LogP contribution in [0, 0.1) is 0 Å². The van der Waals surface area contributed by atoms with Crippen LogP contribution in [0.3, 0.4) is 0 Å². The van der Waals surface area contributed by atoms with E-state index in [1.807, 2.05) is 0 Å². The molecule has 0 aromatic carbocycles. The first-order valence-corrected chi connectivity index (χ1v) is 3.41. The molecule has 0 aliphatic rings. The molecule has 12 heavy (non-hydrogen) atoms. The molecular formula is C5H4Cl2FNO3. The zero-order chi connectivity index (χ0) is 9.72. The average molecular weight is 216 g/mol. The second-order valence-electron chi connectivity index (χ2n) is 1.65. The summed E-state index contributed by atoms with van der Waals surface area (Å²) in [5.74, 6) is -3.95. The molecule has 0 saturated carbocycles. The fraction of sp³-hybridized carbons (Fsp3) is 0.200. The summed E-state index contributed by atoms with van der Waals surface area (Å²) in [7, 11) is 0. The molecular weight excluding hydrogens is 212 g/mol. The highest BCUT2D eigenvalue weighted by Crippen LogP contribution is 2.14. The van der Waals surface area contributed by atoms with Crippen molar-refractivity contribution in [2.75, 3.05) is 6.54 Å². The van der Waals surface area contributed by atoms with Gasteiger partial charge in [-0.05, 0) is 0 Å². The van der Waals surface area contributed by atoms with Crippen LogP contribution >= 0.6 is 23.2 Å². The lowest BCUT2D eigenvalue weighted by Gasteiger charge is -1.98. The maximum Gasteiger partial charge on any atom is 0.322 e. The van der Waals surface area contributed by atoms with Gasteiger partial charge in [0.15, 0.2) is 0 Å². The molecule has 0 aromatic heterocycles. The van der Waals surface area contributed by atoms with Crippen LogP contribution in [0.15, 0.2) is 10.3 Å². The van der Waals surface area contributed by atoms with Gasteiger partial charge in [-0.25, -0.2) is 0 Å². The molecule has 0 aliphatic carbocycles. The molecule has 0 unspecified atom stereocenters. The first kappa shape index (κ1) is 11.2. The number of carboxylic acid groups (broad SMARTS) is 1. The van der Waals surface area contributed by atoms with Gasteiger partial charge in [0.1, 0.15) is 11.0 Å². The molecule has 0 fully saturated rings. The summed E-state index contributed by atoms with van der Waals surface area (Å²) in [4.78, 5) is 20.4. The van der Waals surface area contributed by atoms with Crippen LogP contribution in [0.5, 0.6) is 0 Å². The van der Waals surface area contributed by atoms with Gasteiger partial charge in [-0.1, -0.05) is 23.2 Å². The van der Waals surface area contributed by atoms with Gasteiger partial charge >= 0.3 is 5.97 Å². The molecule has 7 heteroatoms. The molecule has 0 aromatic rings. The van der Waals surface area contributed by atoms with E-state index in [9.17, 15) is 14.0 Å². The van der Waals surface area contributed by atoms with E-state index in [0.29, 0.717) is 0 Å². The maximum atomic E-state index is 12.4. The van der Waals surface area contributed by atoms with E-state index in [-0.39, 0.29) is 0 Å². The highest BCUT2D eigenvalue weighted by Gasteiger charge is 2.12. The number of aliphatic carboxylic acids is 1. The normalized spacial score (nSPS) is 8.92. The Morgan fingerprint density at radius 3 is 2.25 bits per heavy atom. The minimum absolute atomic E-state index is 0.687. The number of hydrogen-bond donors (Lipinski definition) is 2. The number of carbonyl (C=O) groups excluding carboxylic acids is 1. The van der Waals surface area contributed by atoms with Crippen LogP contribution in [0.1, 0.15) is 0 Å². The molecule has 0 heterocycles. The topological polar surface area (TPSA) is 66.4 Å². The lowest BCUT2D eigenvalue weighted by molar-refractivity contribution is -0.137. The monoisotopic (exact) mass is 215 g/mol. The Balaban J connectivity index is 4.07. The van der Waals surface area contributed by atoms with Crippen molar-refractivity contribution in [3.05, 3.63) is 10.3 Å². The molecule has 68 valence electrons. The standard InChI is InChI=1S/C5H4Cl2FNO3/c6-4(7)3(8)5(12)9-1-2(10)11/h1H2,(H,9,12)(H,10,11). The Bertz CT molecular complexity index is 237. The van der Waals surface area contributed by atoms with E-state index in [0.717, 1.165) is 0 Å². The van der Waals surface area contributed by atoms with Gasteiger partial charge < -0.3 is 10.4 Å². The van der Waals surface area contributed by atoms with Gasteiger partial charge in [-0.3, -0.25) is 9.59 Å². The highest BCUT2D eigenvalue weighted by molar-refractivity contribution is 6.57. The highest BCUT2D eigenvalue weighted by atomic mass is 35.5. The summed E-state index contributed by atoms with van der Waals surface area (Å²) in [6.07, 6.45) is 0. The van der Waals surface area contributed by atoms with Crippen molar-refractivity contribution in [1.29, 1.82) is 0 Å². The zero-order valence-corrected chi connectivity index (χ0v) is 7.12. The van der Waals surface area contributed by atoms with Crippen molar-refractivity contribution in [3.63, 3.8) is 0 Å². The van der Waals surface area contributed by atoms with Crippen LogP contribution in [-0.4, -0.2) is 23.5 Å². The molecule has 1 amide bonds. The number of carboxylic acids is 1. The van der Waals surface area contributed by atoms with E-state index < -0.39 is 28.7 Å². The summed E-state index contributed by atoms with van der Waals surface area (Å²) in [6.45, 7) is -0.687. The SMILES string of the molecule is O=C(O)CNC(=O)C(F)=C(Cl)Cl.